The second kappa shape index (κ2) is 6.72. The molecule has 0 aliphatic carbocycles. The van der Waals surface area contributed by atoms with E-state index in [1.165, 1.54) is 11.8 Å². The molecule has 19 heavy (non-hydrogen) atoms. The van der Waals surface area contributed by atoms with Gasteiger partial charge in [0.25, 0.3) is 0 Å². The van der Waals surface area contributed by atoms with E-state index < -0.39 is 30.3 Å². The molecule has 0 saturated carbocycles. The first-order valence-corrected chi connectivity index (χ1v) is 6.47. The lowest BCUT2D eigenvalue weighted by atomic mass is 9.92. The third-order valence-electron chi connectivity index (χ3n) is 3.54. The number of carbonyl (C=O) groups is 2. The van der Waals surface area contributed by atoms with Crippen LogP contribution in [0.1, 0.15) is 26.7 Å². The monoisotopic (exact) mass is 274 g/mol. The molecule has 7 heteroatoms. The van der Waals surface area contributed by atoms with Gasteiger partial charge in [-0.3, -0.25) is 0 Å². The molecule has 7 nitrogen and oxygen atoms in total. The van der Waals surface area contributed by atoms with Crippen LogP contribution in [0.5, 0.6) is 0 Å². The van der Waals surface area contributed by atoms with Crippen molar-refractivity contribution in [2.45, 2.75) is 44.9 Å². The molecule has 1 saturated heterocycles. The second-order valence-electron chi connectivity index (χ2n) is 5.07. The zero-order valence-electron chi connectivity index (χ0n) is 11.2. The Hall–Kier alpha value is -1.34. The summed E-state index contributed by atoms with van der Waals surface area (Å²) in [5, 5.41) is 29.9. The average molecular weight is 274 g/mol. The number of nitrogens with zero attached hydrogens (tertiary/aromatic N) is 1. The van der Waals surface area contributed by atoms with Crippen molar-refractivity contribution in [2.24, 2.45) is 5.92 Å². The van der Waals surface area contributed by atoms with Crippen molar-refractivity contribution in [3.63, 3.8) is 0 Å². The molecule has 1 unspecified atom stereocenters. The fraction of sp³-hybridized carbons (Fsp3) is 0.833. The Balaban J connectivity index is 2.49. The summed E-state index contributed by atoms with van der Waals surface area (Å²) in [6.07, 6.45) is -0.166. The van der Waals surface area contributed by atoms with Crippen molar-refractivity contribution in [2.75, 3.05) is 13.1 Å². The van der Waals surface area contributed by atoms with Gasteiger partial charge in [0.1, 0.15) is 0 Å². The number of aliphatic hydroxyl groups is 2. The molecule has 0 radical (unpaired) electrons. The zero-order chi connectivity index (χ0) is 14.6. The van der Waals surface area contributed by atoms with Gasteiger partial charge in [0.2, 0.25) is 0 Å². The number of hydrogen-bond donors (Lipinski definition) is 4. The maximum Gasteiger partial charge on any atom is 0.328 e. The van der Waals surface area contributed by atoms with E-state index in [-0.39, 0.29) is 5.92 Å². The molecule has 1 fully saturated rings. The molecule has 1 aliphatic rings. The largest absolute Gasteiger partial charge is 0.480 e. The minimum atomic E-state index is -1.30. The highest BCUT2D eigenvalue weighted by Crippen LogP contribution is 2.20. The van der Waals surface area contributed by atoms with Crippen LogP contribution >= 0.6 is 0 Å². The highest BCUT2D eigenvalue weighted by Gasteiger charge is 2.30. The molecule has 110 valence electrons. The number of nitrogens with one attached hydrogen (secondary N) is 1. The van der Waals surface area contributed by atoms with Gasteiger partial charge in [0, 0.05) is 13.1 Å². The van der Waals surface area contributed by atoms with Crippen LogP contribution in [0.3, 0.4) is 0 Å². The van der Waals surface area contributed by atoms with Crippen molar-refractivity contribution < 1.29 is 24.9 Å². The zero-order valence-corrected chi connectivity index (χ0v) is 11.2. The lowest BCUT2D eigenvalue weighted by Crippen LogP contribution is -2.54. The van der Waals surface area contributed by atoms with E-state index in [0.717, 1.165) is 0 Å². The number of amides is 2. The van der Waals surface area contributed by atoms with Crippen LogP contribution in [0.2, 0.25) is 0 Å². The summed E-state index contributed by atoms with van der Waals surface area (Å²) >= 11 is 0. The summed E-state index contributed by atoms with van der Waals surface area (Å²) in [7, 11) is 0. The molecule has 2 amide bonds. The Labute approximate surface area is 112 Å². The highest BCUT2D eigenvalue weighted by atomic mass is 16.4. The predicted molar refractivity (Wildman–Crippen MR) is 67.6 cm³/mol. The molecule has 0 aromatic carbocycles. The van der Waals surface area contributed by atoms with Crippen molar-refractivity contribution >= 4 is 12.0 Å². The van der Waals surface area contributed by atoms with E-state index in [4.69, 9.17) is 5.11 Å². The summed E-state index contributed by atoms with van der Waals surface area (Å²) in [4.78, 5) is 24.3. The first-order chi connectivity index (χ1) is 8.82. The Morgan fingerprint density at radius 3 is 2.11 bits per heavy atom. The Morgan fingerprint density at radius 2 is 1.74 bits per heavy atom. The van der Waals surface area contributed by atoms with E-state index in [1.54, 1.807) is 6.92 Å². The minimum absolute atomic E-state index is 0.177. The van der Waals surface area contributed by atoms with Gasteiger partial charge in [-0.1, -0.05) is 0 Å². The van der Waals surface area contributed by atoms with Crippen LogP contribution in [0.15, 0.2) is 0 Å². The lowest BCUT2D eigenvalue weighted by Gasteiger charge is -2.34. The number of urea groups is 1. The van der Waals surface area contributed by atoms with Gasteiger partial charge in [0.05, 0.1) is 12.2 Å². The number of rotatable bonds is 4. The summed E-state index contributed by atoms with van der Waals surface area (Å²) in [5.41, 5.74) is 0. The Kier molecular flexibility index (Phi) is 5.56. The average Bonchev–Trinajstić information content (AvgIpc) is 2.34. The normalized spacial score (nSPS) is 21.6. The molecular formula is C12H22N2O5. The molecule has 0 aromatic heterocycles. The maximum atomic E-state index is 11.9. The van der Waals surface area contributed by atoms with Gasteiger partial charge in [-0.25, -0.2) is 9.59 Å². The third-order valence-corrected chi connectivity index (χ3v) is 3.54. The smallest absolute Gasteiger partial charge is 0.328 e. The van der Waals surface area contributed by atoms with Crippen LogP contribution in [-0.2, 0) is 4.79 Å². The Bertz CT molecular complexity index is 324. The number of piperidine rings is 1. The Morgan fingerprint density at radius 1 is 1.21 bits per heavy atom. The maximum absolute atomic E-state index is 11.9. The summed E-state index contributed by atoms with van der Waals surface area (Å²) in [5.74, 6) is -1.08. The van der Waals surface area contributed by atoms with E-state index in [0.29, 0.717) is 25.9 Å². The van der Waals surface area contributed by atoms with E-state index in [9.17, 15) is 19.8 Å². The van der Waals surface area contributed by atoms with Gasteiger partial charge < -0.3 is 25.5 Å². The number of carboxylic acids is 1. The number of hydrogen-bond acceptors (Lipinski definition) is 4. The molecule has 4 N–H and O–H groups in total. The second-order valence-corrected chi connectivity index (χ2v) is 5.07. The van der Waals surface area contributed by atoms with Gasteiger partial charge >= 0.3 is 12.0 Å². The third kappa shape index (κ3) is 4.36. The molecule has 0 aromatic rings. The van der Waals surface area contributed by atoms with Crippen molar-refractivity contribution in [3.05, 3.63) is 0 Å². The minimum Gasteiger partial charge on any atom is -0.480 e. The van der Waals surface area contributed by atoms with E-state index in [2.05, 4.69) is 5.32 Å². The number of aliphatic hydroxyl groups excluding tert-OH is 2. The molecule has 0 spiro atoms. The van der Waals surface area contributed by atoms with Gasteiger partial charge in [-0.2, -0.15) is 0 Å². The fourth-order valence-electron chi connectivity index (χ4n) is 2.20. The van der Waals surface area contributed by atoms with E-state index >= 15 is 0 Å². The quantitative estimate of drug-likeness (QED) is 0.559. The predicted octanol–water partition coefficient (Wildman–Crippen LogP) is -0.377. The standard InChI is InChI=1S/C12H22N2O5/c1-7(15)9-3-5-14(6-4-9)12(19)13-10(8(2)16)11(17)18/h7-10,15-16H,3-6H2,1-2H3,(H,13,19)(H,17,18)/t7?,8-,10+/m1/s1. The number of likely N-dealkylation sites (tertiary alicyclic amines) is 1. The molecule has 1 aliphatic heterocycles. The first-order valence-electron chi connectivity index (χ1n) is 6.47. The summed E-state index contributed by atoms with van der Waals surface area (Å²) < 4.78 is 0. The van der Waals surface area contributed by atoms with Crippen LogP contribution < -0.4 is 5.32 Å². The number of carboxylic acid groups (broad SMARTS) is 1. The van der Waals surface area contributed by atoms with Gasteiger partial charge in [0.15, 0.2) is 6.04 Å². The van der Waals surface area contributed by atoms with Crippen LogP contribution in [0.25, 0.3) is 0 Å². The summed E-state index contributed by atoms with van der Waals surface area (Å²) in [6.45, 7) is 4.01. The highest BCUT2D eigenvalue weighted by molar-refractivity contribution is 5.83. The van der Waals surface area contributed by atoms with Gasteiger partial charge in [-0.15, -0.1) is 0 Å². The molecule has 0 bridgehead atoms. The van der Waals surface area contributed by atoms with Crippen molar-refractivity contribution in [1.82, 2.24) is 10.2 Å². The first kappa shape index (κ1) is 15.7. The van der Waals surface area contributed by atoms with Crippen LogP contribution in [-0.4, -0.2) is 63.6 Å². The topological polar surface area (TPSA) is 110 Å². The molecule has 1 rings (SSSR count). The van der Waals surface area contributed by atoms with Crippen molar-refractivity contribution in [1.29, 1.82) is 0 Å². The SMILES string of the molecule is CC(O)C1CCN(C(=O)N[C@H](C(=O)O)[C@@H](C)O)CC1. The molecular weight excluding hydrogens is 252 g/mol. The number of carbonyl (C=O) groups excluding carboxylic acids is 1. The van der Waals surface area contributed by atoms with Crippen LogP contribution in [0, 0.1) is 5.92 Å². The molecule has 1 heterocycles. The van der Waals surface area contributed by atoms with Gasteiger partial charge in [-0.05, 0) is 32.6 Å². The van der Waals surface area contributed by atoms with Crippen molar-refractivity contribution in [3.8, 4) is 0 Å². The lowest BCUT2D eigenvalue weighted by molar-refractivity contribution is -0.141. The number of aliphatic carboxylic acids is 1. The molecule has 3 atom stereocenters. The summed E-state index contributed by atoms with van der Waals surface area (Å²) in [6, 6.07) is -1.79. The fourth-order valence-corrected chi connectivity index (χ4v) is 2.20. The van der Waals surface area contributed by atoms with E-state index in [1.807, 2.05) is 0 Å². The van der Waals surface area contributed by atoms with Crippen LogP contribution in [0.4, 0.5) is 4.79 Å².